The number of hydrogen-bond donors (Lipinski definition) is 1. The Morgan fingerprint density at radius 2 is 2.14 bits per heavy atom. The third-order valence-electron chi connectivity index (χ3n) is 3.60. The summed E-state index contributed by atoms with van der Waals surface area (Å²) in [6.45, 7) is 3.62. The van der Waals surface area contributed by atoms with Crippen LogP contribution < -0.4 is 5.32 Å². The van der Waals surface area contributed by atoms with Crippen molar-refractivity contribution in [1.29, 1.82) is 0 Å². The maximum Gasteiger partial charge on any atom is 0.246 e. The minimum atomic E-state index is -3.96. The molecule has 1 N–H and O–H groups in total. The first kappa shape index (κ1) is 16.3. The van der Waals surface area contributed by atoms with Crippen LogP contribution in [0.3, 0.4) is 0 Å². The molecule has 1 saturated heterocycles. The number of sulfonamides is 1. The van der Waals surface area contributed by atoms with Crippen LogP contribution in [0.5, 0.6) is 0 Å². The molecule has 1 unspecified atom stereocenters. The molecule has 1 heterocycles. The number of piperidine rings is 1. The van der Waals surface area contributed by atoms with Gasteiger partial charge < -0.3 is 5.32 Å². The summed E-state index contributed by atoms with van der Waals surface area (Å²) in [7, 11) is -3.96. The molecule has 1 aliphatic rings. The third kappa shape index (κ3) is 3.59. The summed E-state index contributed by atoms with van der Waals surface area (Å²) in [5.41, 5.74) is 0. The summed E-state index contributed by atoms with van der Waals surface area (Å²) in [5.74, 6) is -1.83. The molecule has 1 aromatic rings. The molecule has 0 amide bonds. The van der Waals surface area contributed by atoms with Crippen LogP contribution in [0.15, 0.2) is 23.1 Å². The first-order valence-corrected chi connectivity index (χ1v) is 8.58. The van der Waals surface area contributed by atoms with Crippen molar-refractivity contribution in [3.8, 4) is 0 Å². The zero-order valence-electron chi connectivity index (χ0n) is 12.0. The standard InChI is InChI=1S/C14H20F2N2O2S/c1-2-8-18(12-4-3-7-17-10-12)21(19,20)14-6-5-11(15)9-13(14)16/h5-6,9,12,17H,2-4,7-8,10H2,1H3. The van der Waals surface area contributed by atoms with Gasteiger partial charge >= 0.3 is 0 Å². The van der Waals surface area contributed by atoms with E-state index >= 15 is 0 Å². The van der Waals surface area contributed by atoms with Gasteiger partial charge in [0.2, 0.25) is 10.0 Å². The highest BCUT2D eigenvalue weighted by Gasteiger charge is 2.33. The lowest BCUT2D eigenvalue weighted by Crippen LogP contribution is -2.49. The summed E-state index contributed by atoms with van der Waals surface area (Å²) < 4.78 is 53.6. The second kappa shape index (κ2) is 6.81. The van der Waals surface area contributed by atoms with Crippen molar-refractivity contribution < 1.29 is 17.2 Å². The van der Waals surface area contributed by atoms with Gasteiger partial charge in [0.1, 0.15) is 16.5 Å². The van der Waals surface area contributed by atoms with Crippen molar-refractivity contribution in [2.45, 2.75) is 37.1 Å². The van der Waals surface area contributed by atoms with Gasteiger partial charge in [-0.15, -0.1) is 0 Å². The van der Waals surface area contributed by atoms with E-state index in [-0.39, 0.29) is 6.04 Å². The van der Waals surface area contributed by atoms with E-state index in [1.807, 2.05) is 6.92 Å². The maximum atomic E-state index is 13.9. The van der Waals surface area contributed by atoms with Crippen LogP contribution >= 0.6 is 0 Å². The fourth-order valence-electron chi connectivity index (χ4n) is 2.61. The minimum absolute atomic E-state index is 0.187. The van der Waals surface area contributed by atoms with Crippen LogP contribution in [0.25, 0.3) is 0 Å². The van der Waals surface area contributed by atoms with Gasteiger partial charge in [-0.1, -0.05) is 6.92 Å². The van der Waals surface area contributed by atoms with Crippen molar-refractivity contribution in [3.05, 3.63) is 29.8 Å². The Balaban J connectivity index is 2.36. The van der Waals surface area contributed by atoms with E-state index in [0.717, 1.165) is 31.5 Å². The molecule has 0 saturated carbocycles. The van der Waals surface area contributed by atoms with Crippen LogP contribution in [-0.2, 0) is 10.0 Å². The quantitative estimate of drug-likeness (QED) is 0.905. The Labute approximate surface area is 124 Å². The Morgan fingerprint density at radius 1 is 1.38 bits per heavy atom. The second-order valence-corrected chi connectivity index (χ2v) is 7.05. The average Bonchev–Trinajstić information content (AvgIpc) is 2.45. The van der Waals surface area contributed by atoms with Crippen LogP contribution in [0.2, 0.25) is 0 Å². The van der Waals surface area contributed by atoms with Crippen LogP contribution in [0, 0.1) is 11.6 Å². The lowest BCUT2D eigenvalue weighted by atomic mass is 10.1. The first-order valence-electron chi connectivity index (χ1n) is 7.14. The molecular weight excluding hydrogens is 298 g/mol. The number of nitrogens with one attached hydrogen (secondary N) is 1. The molecule has 2 rings (SSSR count). The van der Waals surface area contributed by atoms with Crippen molar-refractivity contribution in [1.82, 2.24) is 9.62 Å². The van der Waals surface area contributed by atoms with Crippen LogP contribution in [0.1, 0.15) is 26.2 Å². The summed E-state index contributed by atoms with van der Waals surface area (Å²) in [4.78, 5) is -0.456. The fraction of sp³-hybridized carbons (Fsp3) is 0.571. The number of halogens is 2. The topological polar surface area (TPSA) is 49.4 Å². The lowest BCUT2D eigenvalue weighted by Gasteiger charge is -2.33. The van der Waals surface area contributed by atoms with Crippen molar-refractivity contribution in [2.24, 2.45) is 0 Å². The van der Waals surface area contributed by atoms with Gasteiger partial charge in [-0.25, -0.2) is 17.2 Å². The predicted octanol–water partition coefficient (Wildman–Crippen LogP) is 2.12. The SMILES string of the molecule is CCCN(C1CCCNC1)S(=O)(=O)c1ccc(F)cc1F. The van der Waals surface area contributed by atoms with Crippen LogP contribution in [0.4, 0.5) is 8.78 Å². The number of nitrogens with zero attached hydrogens (tertiary/aromatic N) is 1. The third-order valence-corrected chi connectivity index (χ3v) is 5.59. The smallest absolute Gasteiger partial charge is 0.246 e. The van der Waals surface area contributed by atoms with Gasteiger partial charge in [-0.2, -0.15) is 4.31 Å². The molecule has 0 spiro atoms. The number of rotatable bonds is 5. The summed E-state index contributed by atoms with van der Waals surface area (Å²) >= 11 is 0. The summed E-state index contributed by atoms with van der Waals surface area (Å²) in [6.07, 6.45) is 2.26. The maximum absolute atomic E-state index is 13.9. The fourth-order valence-corrected chi connectivity index (χ4v) is 4.40. The van der Waals surface area contributed by atoms with Gasteiger partial charge in [0.05, 0.1) is 0 Å². The molecule has 1 fully saturated rings. The van der Waals surface area contributed by atoms with Gasteiger partial charge in [0.25, 0.3) is 0 Å². The molecule has 21 heavy (non-hydrogen) atoms. The molecule has 0 bridgehead atoms. The zero-order chi connectivity index (χ0) is 15.5. The lowest BCUT2D eigenvalue weighted by molar-refractivity contribution is 0.265. The second-order valence-electron chi connectivity index (χ2n) is 5.19. The highest BCUT2D eigenvalue weighted by molar-refractivity contribution is 7.89. The largest absolute Gasteiger partial charge is 0.315 e. The first-order chi connectivity index (χ1) is 9.96. The van der Waals surface area contributed by atoms with Gasteiger partial charge in [-0.3, -0.25) is 0 Å². The van der Waals surface area contributed by atoms with E-state index in [1.54, 1.807) is 0 Å². The summed E-state index contributed by atoms with van der Waals surface area (Å²) in [6, 6.07) is 2.39. The monoisotopic (exact) mass is 318 g/mol. The Hall–Kier alpha value is -1.05. The van der Waals surface area contributed by atoms with Gasteiger partial charge in [0, 0.05) is 25.2 Å². The molecule has 0 radical (unpaired) electrons. The molecule has 1 aliphatic heterocycles. The van der Waals surface area contributed by atoms with E-state index in [4.69, 9.17) is 0 Å². The number of hydrogen-bond acceptors (Lipinski definition) is 3. The van der Waals surface area contributed by atoms with E-state index in [1.165, 1.54) is 4.31 Å². The van der Waals surface area contributed by atoms with Gasteiger partial charge in [0.15, 0.2) is 0 Å². The molecule has 118 valence electrons. The Bertz CT molecular complexity index is 587. The van der Waals surface area contributed by atoms with Gasteiger partial charge in [-0.05, 0) is 37.9 Å². The van der Waals surface area contributed by atoms with E-state index in [9.17, 15) is 17.2 Å². The molecular formula is C14H20F2N2O2S. The molecule has 0 aromatic heterocycles. The van der Waals surface area contributed by atoms with E-state index < -0.39 is 26.6 Å². The highest BCUT2D eigenvalue weighted by Crippen LogP contribution is 2.24. The molecule has 1 atom stereocenters. The van der Waals surface area contributed by atoms with Crippen molar-refractivity contribution in [2.75, 3.05) is 19.6 Å². The normalized spacial score (nSPS) is 19.9. The van der Waals surface area contributed by atoms with Crippen molar-refractivity contribution >= 4 is 10.0 Å². The van der Waals surface area contributed by atoms with Crippen LogP contribution in [-0.4, -0.2) is 38.4 Å². The molecule has 0 aliphatic carbocycles. The molecule has 4 nitrogen and oxygen atoms in total. The molecule has 7 heteroatoms. The summed E-state index contributed by atoms with van der Waals surface area (Å²) in [5, 5.41) is 3.16. The average molecular weight is 318 g/mol. The van der Waals surface area contributed by atoms with Crippen molar-refractivity contribution in [3.63, 3.8) is 0 Å². The zero-order valence-corrected chi connectivity index (χ0v) is 12.8. The number of benzene rings is 1. The Morgan fingerprint density at radius 3 is 2.71 bits per heavy atom. The predicted molar refractivity (Wildman–Crippen MR) is 76.4 cm³/mol. The Kier molecular flexibility index (Phi) is 5.29. The van der Waals surface area contributed by atoms with E-state index in [0.29, 0.717) is 25.6 Å². The highest BCUT2D eigenvalue weighted by atomic mass is 32.2. The van der Waals surface area contributed by atoms with E-state index in [2.05, 4.69) is 5.32 Å². The molecule has 1 aromatic carbocycles. The minimum Gasteiger partial charge on any atom is -0.315 e.